The smallest absolute Gasteiger partial charge is 0.387 e. The summed E-state index contributed by atoms with van der Waals surface area (Å²) < 4.78 is 23.7. The molecule has 0 aliphatic heterocycles. The molecule has 0 saturated heterocycles. The van der Waals surface area contributed by atoms with Crippen molar-refractivity contribution in [2.24, 2.45) is 0 Å². The zero-order valence-electron chi connectivity index (χ0n) is 45.0. The van der Waals surface area contributed by atoms with Crippen molar-refractivity contribution in [2.45, 2.75) is 309 Å². The van der Waals surface area contributed by atoms with Crippen LogP contribution in [0.15, 0.2) is 12.2 Å². The predicted molar refractivity (Wildman–Crippen MR) is 286 cm³/mol. The van der Waals surface area contributed by atoms with E-state index in [1.54, 1.807) is 6.08 Å². The summed E-state index contributed by atoms with van der Waals surface area (Å²) in [7, 11) is 1.59. The minimum Gasteiger partial charge on any atom is -0.387 e. The summed E-state index contributed by atoms with van der Waals surface area (Å²) in [5.74, 6) is -0.171. The van der Waals surface area contributed by atoms with Crippen molar-refractivity contribution in [1.82, 2.24) is 5.32 Å². The molecule has 1 amide bonds. The van der Waals surface area contributed by atoms with Crippen LogP contribution in [0.25, 0.3) is 0 Å². The number of likely N-dealkylation sites (N-methyl/N-ethyl adjacent to an activating group) is 1. The average molecular weight is 957 g/mol. The highest BCUT2D eigenvalue weighted by Crippen LogP contribution is 2.43. The third kappa shape index (κ3) is 51.1. The first-order valence-corrected chi connectivity index (χ1v) is 30.6. The molecule has 0 aromatic carbocycles. The van der Waals surface area contributed by atoms with E-state index in [2.05, 4.69) is 19.2 Å². The summed E-state index contributed by atoms with van der Waals surface area (Å²) in [6.45, 7) is 4.85. The van der Waals surface area contributed by atoms with Crippen molar-refractivity contribution < 1.29 is 32.9 Å². The lowest BCUT2D eigenvalue weighted by atomic mass is 10.0. The minimum atomic E-state index is -4.34. The van der Waals surface area contributed by atoms with Gasteiger partial charge in [0.25, 0.3) is 0 Å². The molecular formula is C57H116N2O6P+. The van der Waals surface area contributed by atoms with Crippen LogP contribution >= 0.6 is 7.82 Å². The van der Waals surface area contributed by atoms with E-state index >= 15 is 0 Å². The lowest BCUT2D eigenvalue weighted by Gasteiger charge is -2.25. The van der Waals surface area contributed by atoms with Gasteiger partial charge >= 0.3 is 7.82 Å². The zero-order valence-corrected chi connectivity index (χ0v) is 45.9. The Morgan fingerprint density at radius 1 is 0.500 bits per heavy atom. The predicted octanol–water partition coefficient (Wildman–Crippen LogP) is 17.4. The highest BCUT2D eigenvalue weighted by atomic mass is 31.2. The van der Waals surface area contributed by atoms with Crippen LogP contribution in [0, 0.1) is 0 Å². The number of amides is 1. The molecule has 3 unspecified atom stereocenters. The maximum atomic E-state index is 12.9. The van der Waals surface area contributed by atoms with Gasteiger partial charge in [0, 0.05) is 6.42 Å². The number of aliphatic hydroxyl groups excluding tert-OH is 1. The van der Waals surface area contributed by atoms with Gasteiger partial charge in [-0.2, -0.15) is 0 Å². The topological polar surface area (TPSA) is 105 Å². The van der Waals surface area contributed by atoms with Crippen LogP contribution in [0.4, 0.5) is 0 Å². The second-order valence-electron chi connectivity index (χ2n) is 21.4. The van der Waals surface area contributed by atoms with Crippen molar-refractivity contribution in [3.8, 4) is 0 Å². The number of phosphoric acid groups is 1. The molecule has 394 valence electrons. The Bertz CT molecular complexity index is 1080. The molecule has 3 N–H and O–H groups in total. The zero-order chi connectivity index (χ0) is 48.5. The number of hydrogen-bond acceptors (Lipinski definition) is 5. The highest BCUT2D eigenvalue weighted by Gasteiger charge is 2.27. The van der Waals surface area contributed by atoms with Crippen molar-refractivity contribution >= 4 is 13.7 Å². The Kier molecular flexibility index (Phi) is 48.7. The summed E-state index contributed by atoms with van der Waals surface area (Å²) in [4.78, 5) is 23.2. The molecule has 3 atom stereocenters. The van der Waals surface area contributed by atoms with Gasteiger partial charge in [0.15, 0.2) is 0 Å². The number of unbranched alkanes of at least 4 members (excludes halogenated alkanes) is 41. The average Bonchev–Trinajstić information content (AvgIpc) is 3.28. The summed E-state index contributed by atoms with van der Waals surface area (Å²) in [6, 6.07) is -0.841. The number of carbonyl (C=O) groups excluding carboxylic acids is 1. The molecule has 0 aliphatic carbocycles. The summed E-state index contributed by atoms with van der Waals surface area (Å²) in [5, 5.41) is 13.9. The maximum absolute atomic E-state index is 12.9. The molecule has 0 spiro atoms. The first kappa shape index (κ1) is 65.2. The van der Waals surface area contributed by atoms with Crippen LogP contribution in [0.5, 0.6) is 0 Å². The SMILES string of the molecule is CCCCCCCCCCCCC/C=C/C(O)C(COP(=O)(O)OCC[N+](C)(C)C)NC(=O)CCCCCCCCCCCCCCCCCCCCCCCCCCCCCCCCC. The lowest BCUT2D eigenvalue weighted by molar-refractivity contribution is -0.870. The molecule has 0 bridgehead atoms. The number of rotatable bonds is 54. The van der Waals surface area contributed by atoms with Gasteiger partial charge in [-0.05, 0) is 19.3 Å². The summed E-state index contributed by atoms with van der Waals surface area (Å²) in [5.41, 5.74) is 0. The molecule has 0 heterocycles. The van der Waals surface area contributed by atoms with E-state index in [-0.39, 0.29) is 19.1 Å². The number of quaternary nitrogens is 1. The van der Waals surface area contributed by atoms with Crippen LogP contribution in [0.2, 0.25) is 0 Å². The molecule has 0 aromatic rings. The van der Waals surface area contributed by atoms with Crippen LogP contribution < -0.4 is 5.32 Å². The molecule has 0 radical (unpaired) electrons. The Hall–Kier alpha value is -0.760. The molecule has 0 rings (SSSR count). The number of nitrogens with zero attached hydrogens (tertiary/aromatic N) is 1. The largest absolute Gasteiger partial charge is 0.472 e. The fourth-order valence-electron chi connectivity index (χ4n) is 8.93. The minimum absolute atomic E-state index is 0.0649. The molecule has 0 fully saturated rings. The summed E-state index contributed by atoms with van der Waals surface area (Å²) >= 11 is 0. The van der Waals surface area contributed by atoms with Gasteiger partial charge in [-0.3, -0.25) is 13.8 Å². The van der Waals surface area contributed by atoms with Gasteiger partial charge in [-0.15, -0.1) is 0 Å². The van der Waals surface area contributed by atoms with Gasteiger partial charge in [0.1, 0.15) is 13.2 Å². The lowest BCUT2D eigenvalue weighted by Crippen LogP contribution is -2.45. The Labute approximate surface area is 412 Å². The number of hydrogen-bond donors (Lipinski definition) is 3. The van der Waals surface area contributed by atoms with Crippen molar-refractivity contribution in [3.05, 3.63) is 12.2 Å². The van der Waals surface area contributed by atoms with E-state index in [1.165, 1.54) is 238 Å². The molecule has 9 heteroatoms. The van der Waals surface area contributed by atoms with Gasteiger partial charge in [0.05, 0.1) is 39.9 Å². The van der Waals surface area contributed by atoms with E-state index in [1.807, 2.05) is 27.2 Å². The molecule has 0 saturated carbocycles. The number of phosphoric ester groups is 1. The van der Waals surface area contributed by atoms with Crippen molar-refractivity contribution in [1.29, 1.82) is 0 Å². The van der Waals surface area contributed by atoms with Crippen LogP contribution in [-0.2, 0) is 18.4 Å². The van der Waals surface area contributed by atoms with E-state index in [9.17, 15) is 19.4 Å². The van der Waals surface area contributed by atoms with Gasteiger partial charge < -0.3 is 19.8 Å². The van der Waals surface area contributed by atoms with E-state index in [0.717, 1.165) is 38.5 Å². The van der Waals surface area contributed by atoms with Crippen LogP contribution in [0.3, 0.4) is 0 Å². The third-order valence-electron chi connectivity index (χ3n) is 13.5. The number of aliphatic hydroxyl groups is 1. The van der Waals surface area contributed by atoms with Crippen LogP contribution in [-0.4, -0.2) is 73.4 Å². The van der Waals surface area contributed by atoms with E-state index in [0.29, 0.717) is 17.4 Å². The molecular weight excluding hydrogens is 840 g/mol. The van der Waals surface area contributed by atoms with Gasteiger partial charge in [-0.25, -0.2) is 4.57 Å². The normalized spacial score (nSPS) is 14.0. The summed E-state index contributed by atoms with van der Waals surface area (Å²) in [6.07, 6.45) is 60.4. The Morgan fingerprint density at radius 2 is 0.803 bits per heavy atom. The van der Waals surface area contributed by atoms with Crippen LogP contribution in [0.1, 0.15) is 296 Å². The van der Waals surface area contributed by atoms with Gasteiger partial charge in [0.2, 0.25) is 5.91 Å². The monoisotopic (exact) mass is 956 g/mol. The molecule has 0 aromatic heterocycles. The number of nitrogens with one attached hydrogen (secondary N) is 1. The van der Waals surface area contributed by atoms with Crippen molar-refractivity contribution in [3.63, 3.8) is 0 Å². The Morgan fingerprint density at radius 3 is 1.12 bits per heavy atom. The van der Waals surface area contributed by atoms with E-state index < -0.39 is 20.0 Å². The number of allylic oxidation sites excluding steroid dienone is 1. The third-order valence-corrected chi connectivity index (χ3v) is 14.5. The Balaban J connectivity index is 3.99. The first-order chi connectivity index (χ1) is 32.0. The first-order valence-electron chi connectivity index (χ1n) is 29.1. The van der Waals surface area contributed by atoms with Crippen molar-refractivity contribution in [2.75, 3.05) is 40.9 Å². The number of carbonyl (C=O) groups is 1. The molecule has 66 heavy (non-hydrogen) atoms. The molecule has 8 nitrogen and oxygen atoms in total. The highest BCUT2D eigenvalue weighted by molar-refractivity contribution is 7.47. The second kappa shape index (κ2) is 49.2. The quantitative estimate of drug-likeness (QED) is 0.0243. The maximum Gasteiger partial charge on any atom is 0.472 e. The van der Waals surface area contributed by atoms with Gasteiger partial charge in [-0.1, -0.05) is 283 Å². The fraction of sp³-hybridized carbons (Fsp3) is 0.947. The fourth-order valence-corrected chi connectivity index (χ4v) is 9.66. The molecule has 0 aliphatic rings. The standard InChI is InChI=1S/C57H115N2O6P/c1-6-8-10-12-14-16-18-20-21-22-23-24-25-26-27-28-29-30-31-32-33-34-35-36-37-39-41-43-45-47-49-51-57(61)58-55(54-65-66(62,63)64-53-52-59(3,4)5)56(60)50-48-46-44-42-40-38-19-17-15-13-11-9-7-2/h48,50,55-56,60H,6-47,49,51-54H2,1-5H3,(H-,58,61,62,63)/p+1/b50-48+. The van der Waals surface area contributed by atoms with E-state index in [4.69, 9.17) is 9.05 Å². The second-order valence-corrected chi connectivity index (χ2v) is 22.8.